The minimum absolute atomic E-state index is 0.228. The molecule has 0 saturated heterocycles. The van der Waals surface area contributed by atoms with Crippen LogP contribution in [-0.2, 0) is 6.61 Å². The van der Waals surface area contributed by atoms with Gasteiger partial charge in [0.2, 0.25) is 0 Å². The van der Waals surface area contributed by atoms with Crippen molar-refractivity contribution in [2.45, 2.75) is 6.61 Å². The van der Waals surface area contributed by atoms with Gasteiger partial charge in [-0.2, -0.15) is 5.26 Å². The Labute approximate surface area is 194 Å². The van der Waals surface area contributed by atoms with Gasteiger partial charge in [0.1, 0.15) is 18.2 Å². The lowest BCUT2D eigenvalue weighted by Crippen LogP contribution is -1.97. The van der Waals surface area contributed by atoms with Crippen LogP contribution < -0.4 is 4.74 Å². The van der Waals surface area contributed by atoms with E-state index in [4.69, 9.17) is 27.9 Å². The molecule has 0 radical (unpaired) electrons. The highest BCUT2D eigenvalue weighted by molar-refractivity contribution is 9.11. The topological polar surface area (TPSA) is 33.0 Å². The van der Waals surface area contributed by atoms with E-state index < -0.39 is 5.82 Å². The van der Waals surface area contributed by atoms with Gasteiger partial charge >= 0.3 is 0 Å². The van der Waals surface area contributed by atoms with Crippen molar-refractivity contribution in [3.8, 4) is 11.8 Å². The molecule has 3 aromatic rings. The van der Waals surface area contributed by atoms with Crippen molar-refractivity contribution in [1.82, 2.24) is 0 Å². The molecular formula is C22H12Br2Cl2FNO. The van der Waals surface area contributed by atoms with Gasteiger partial charge < -0.3 is 4.74 Å². The first-order valence-electron chi connectivity index (χ1n) is 8.31. The minimum Gasteiger partial charge on any atom is -0.487 e. The van der Waals surface area contributed by atoms with Crippen molar-refractivity contribution >= 4 is 66.7 Å². The molecule has 0 amide bonds. The molecule has 0 atom stereocenters. The number of allylic oxidation sites excluding steroid dienone is 1. The second kappa shape index (κ2) is 9.77. The van der Waals surface area contributed by atoms with Crippen molar-refractivity contribution in [3.63, 3.8) is 0 Å². The first-order valence-corrected chi connectivity index (χ1v) is 10.7. The van der Waals surface area contributed by atoms with Crippen LogP contribution in [0.3, 0.4) is 0 Å². The van der Waals surface area contributed by atoms with E-state index in [9.17, 15) is 9.65 Å². The quantitative estimate of drug-likeness (QED) is 0.234. The van der Waals surface area contributed by atoms with Gasteiger partial charge in [-0.05, 0) is 79.4 Å². The van der Waals surface area contributed by atoms with E-state index in [-0.39, 0.29) is 11.1 Å². The van der Waals surface area contributed by atoms with Crippen LogP contribution in [0.4, 0.5) is 4.39 Å². The summed E-state index contributed by atoms with van der Waals surface area (Å²) >= 11 is 19.0. The van der Waals surface area contributed by atoms with Crippen molar-refractivity contribution < 1.29 is 9.13 Å². The monoisotopic (exact) mass is 553 g/mol. The molecule has 3 aromatic carbocycles. The fourth-order valence-corrected chi connectivity index (χ4v) is 4.37. The highest BCUT2D eigenvalue weighted by Gasteiger charge is 2.12. The fourth-order valence-electron chi connectivity index (χ4n) is 2.60. The first-order chi connectivity index (χ1) is 13.9. The van der Waals surface area contributed by atoms with Crippen LogP contribution >= 0.6 is 55.1 Å². The molecule has 29 heavy (non-hydrogen) atoms. The van der Waals surface area contributed by atoms with E-state index in [0.29, 0.717) is 36.9 Å². The largest absolute Gasteiger partial charge is 0.487 e. The normalized spacial score (nSPS) is 11.2. The number of hydrogen-bond donors (Lipinski definition) is 0. The Kier molecular flexibility index (Phi) is 7.37. The minimum atomic E-state index is -0.444. The maximum Gasteiger partial charge on any atom is 0.148 e. The molecule has 3 rings (SSSR count). The highest BCUT2D eigenvalue weighted by atomic mass is 79.9. The van der Waals surface area contributed by atoms with E-state index in [1.807, 2.05) is 6.07 Å². The molecule has 0 saturated carbocycles. The second-order valence-electron chi connectivity index (χ2n) is 6.00. The molecule has 0 fully saturated rings. The number of benzene rings is 3. The lowest BCUT2D eigenvalue weighted by molar-refractivity contribution is 0.302. The third-order valence-corrected chi connectivity index (χ3v) is 5.90. The zero-order chi connectivity index (χ0) is 21.0. The molecule has 0 N–H and O–H groups in total. The van der Waals surface area contributed by atoms with Crippen LogP contribution in [0.15, 0.2) is 63.5 Å². The maximum absolute atomic E-state index is 14.0. The third-order valence-electron chi connectivity index (χ3n) is 3.98. The summed E-state index contributed by atoms with van der Waals surface area (Å²) in [5.41, 5.74) is 2.06. The lowest BCUT2D eigenvalue weighted by Gasteiger charge is -2.12. The average Bonchev–Trinajstić information content (AvgIpc) is 2.69. The van der Waals surface area contributed by atoms with Gasteiger partial charge in [0.15, 0.2) is 0 Å². The number of rotatable bonds is 5. The Hall–Kier alpha value is -1.84. The van der Waals surface area contributed by atoms with Crippen molar-refractivity contribution in [1.29, 1.82) is 5.26 Å². The SMILES string of the molecule is N#C/C(=C/c1cc(Br)c(OCc2ccc(Cl)c(Cl)c2)c(Br)c1)c1ccccc1F. The van der Waals surface area contributed by atoms with E-state index in [1.165, 1.54) is 6.07 Å². The van der Waals surface area contributed by atoms with Gasteiger partial charge in [0.05, 0.1) is 30.6 Å². The van der Waals surface area contributed by atoms with Crippen LogP contribution in [0.5, 0.6) is 5.75 Å². The summed E-state index contributed by atoms with van der Waals surface area (Å²) in [6.07, 6.45) is 1.62. The molecule has 2 nitrogen and oxygen atoms in total. The van der Waals surface area contributed by atoms with Crippen LogP contribution in [0.1, 0.15) is 16.7 Å². The van der Waals surface area contributed by atoms with E-state index in [2.05, 4.69) is 37.9 Å². The van der Waals surface area contributed by atoms with Gasteiger partial charge in [-0.1, -0.05) is 47.5 Å². The fraction of sp³-hybridized carbons (Fsp3) is 0.0455. The zero-order valence-corrected chi connectivity index (χ0v) is 19.4. The highest BCUT2D eigenvalue weighted by Crippen LogP contribution is 2.36. The molecule has 0 aliphatic heterocycles. The average molecular weight is 556 g/mol. The number of nitrogens with zero attached hydrogens (tertiary/aromatic N) is 1. The van der Waals surface area contributed by atoms with E-state index >= 15 is 0 Å². The van der Waals surface area contributed by atoms with Gasteiger partial charge in [-0.25, -0.2) is 4.39 Å². The van der Waals surface area contributed by atoms with E-state index in [1.54, 1.807) is 48.5 Å². The molecule has 146 valence electrons. The van der Waals surface area contributed by atoms with Gasteiger partial charge in [-0.3, -0.25) is 0 Å². The Bertz CT molecular complexity index is 1120. The number of ether oxygens (including phenoxy) is 1. The molecule has 0 aliphatic carbocycles. The van der Waals surface area contributed by atoms with Crippen molar-refractivity contribution in [2.75, 3.05) is 0 Å². The third kappa shape index (κ3) is 5.40. The van der Waals surface area contributed by atoms with Crippen LogP contribution in [0.25, 0.3) is 11.6 Å². The van der Waals surface area contributed by atoms with E-state index in [0.717, 1.165) is 5.56 Å². The molecule has 0 unspecified atom stereocenters. The van der Waals surface area contributed by atoms with Crippen molar-refractivity contribution in [2.24, 2.45) is 0 Å². The Morgan fingerprint density at radius 1 is 1.03 bits per heavy atom. The molecule has 0 spiro atoms. The molecule has 7 heteroatoms. The number of nitriles is 1. The predicted molar refractivity (Wildman–Crippen MR) is 123 cm³/mol. The maximum atomic E-state index is 14.0. The van der Waals surface area contributed by atoms with Crippen LogP contribution in [0.2, 0.25) is 10.0 Å². The number of hydrogen-bond acceptors (Lipinski definition) is 2. The summed E-state index contributed by atoms with van der Waals surface area (Å²) in [6, 6.07) is 17.1. The van der Waals surface area contributed by atoms with Gasteiger partial charge in [0.25, 0.3) is 0 Å². The summed E-state index contributed by atoms with van der Waals surface area (Å²) in [7, 11) is 0. The predicted octanol–water partition coefficient (Wildman–Crippen LogP) is 8.30. The number of halogens is 5. The Morgan fingerprint density at radius 3 is 2.34 bits per heavy atom. The lowest BCUT2D eigenvalue weighted by atomic mass is 10.0. The summed E-state index contributed by atoms with van der Waals surface area (Å²) < 4.78 is 21.3. The summed E-state index contributed by atoms with van der Waals surface area (Å²) in [4.78, 5) is 0. The van der Waals surface area contributed by atoms with Crippen molar-refractivity contribution in [3.05, 3.63) is 96.1 Å². The second-order valence-corrected chi connectivity index (χ2v) is 8.52. The molecule has 0 aromatic heterocycles. The van der Waals surface area contributed by atoms with Gasteiger partial charge in [-0.15, -0.1) is 0 Å². The van der Waals surface area contributed by atoms with Crippen LogP contribution in [0, 0.1) is 17.1 Å². The molecular weight excluding hydrogens is 544 g/mol. The molecule has 0 heterocycles. The Balaban J connectivity index is 1.86. The summed E-state index contributed by atoms with van der Waals surface area (Å²) in [6.45, 7) is 0.294. The zero-order valence-electron chi connectivity index (χ0n) is 14.7. The first kappa shape index (κ1) is 21.9. The molecule has 0 aliphatic rings. The van der Waals surface area contributed by atoms with Crippen LogP contribution in [-0.4, -0.2) is 0 Å². The summed E-state index contributed by atoms with van der Waals surface area (Å²) in [5, 5.41) is 10.4. The van der Waals surface area contributed by atoms with Gasteiger partial charge in [0, 0.05) is 5.56 Å². The smallest absolute Gasteiger partial charge is 0.148 e. The molecule has 0 bridgehead atoms. The Morgan fingerprint density at radius 2 is 1.72 bits per heavy atom. The summed E-state index contributed by atoms with van der Waals surface area (Å²) in [5.74, 6) is 0.151. The standard InChI is InChI=1S/C22H12Br2Cl2FNO/c23-17-8-14(7-15(11-28)16-3-1-2-4-21(16)27)9-18(24)22(17)29-12-13-5-6-19(25)20(26)10-13/h1-10H,12H2/b15-7-.